The molecule has 0 radical (unpaired) electrons. The van der Waals surface area contributed by atoms with E-state index in [2.05, 4.69) is 26.1 Å². The molecule has 1 atom stereocenters. The number of aromatic nitrogens is 2. The van der Waals surface area contributed by atoms with Gasteiger partial charge in [0.15, 0.2) is 5.69 Å². The van der Waals surface area contributed by atoms with Crippen molar-refractivity contribution in [2.75, 3.05) is 39.2 Å². The van der Waals surface area contributed by atoms with Crippen molar-refractivity contribution in [3.05, 3.63) is 17.8 Å². The summed E-state index contributed by atoms with van der Waals surface area (Å²) in [7, 11) is 3.27. The van der Waals surface area contributed by atoms with Gasteiger partial charge in [-0.05, 0) is 31.5 Å². The Kier molecular flexibility index (Phi) is 4.86. The quantitative estimate of drug-likeness (QED) is 0.680. The summed E-state index contributed by atoms with van der Waals surface area (Å²) < 4.78 is 5.29. The summed E-state index contributed by atoms with van der Waals surface area (Å²) in [6.45, 7) is 2.38. The maximum atomic E-state index is 11.4. The molecule has 1 unspecified atom stereocenters. The fourth-order valence-corrected chi connectivity index (χ4v) is 2.41. The summed E-state index contributed by atoms with van der Waals surface area (Å²) in [6, 6.07) is 3.41. The van der Waals surface area contributed by atoms with Crippen LogP contribution in [0.2, 0.25) is 0 Å². The first-order chi connectivity index (χ1) is 9.69. The summed E-state index contributed by atoms with van der Waals surface area (Å²) in [5, 5.41) is 17.1. The first-order valence-electron chi connectivity index (χ1n) is 6.73. The monoisotopic (exact) mass is 279 g/mol. The van der Waals surface area contributed by atoms with E-state index in [1.54, 1.807) is 26.3 Å². The van der Waals surface area contributed by atoms with Crippen molar-refractivity contribution in [2.45, 2.75) is 18.4 Å². The van der Waals surface area contributed by atoms with E-state index in [9.17, 15) is 4.79 Å². The van der Waals surface area contributed by atoms with Gasteiger partial charge in [0.25, 0.3) is 5.91 Å². The zero-order chi connectivity index (χ0) is 14.4. The third-order valence-electron chi connectivity index (χ3n) is 3.48. The van der Waals surface area contributed by atoms with Crippen LogP contribution in [0.1, 0.15) is 23.3 Å². The Labute approximate surface area is 118 Å². The topological polar surface area (TPSA) is 88.2 Å². The molecule has 2 rings (SSSR count). The van der Waals surface area contributed by atoms with E-state index in [0.717, 1.165) is 25.9 Å². The molecule has 0 spiro atoms. The number of carbonyl (C=O) groups excluding carboxylic acids is 1. The molecule has 0 saturated carbocycles. The van der Waals surface area contributed by atoms with Gasteiger partial charge in [-0.25, -0.2) is 0 Å². The Balaban J connectivity index is 1.94. The van der Waals surface area contributed by atoms with Crippen molar-refractivity contribution in [2.24, 2.45) is 0 Å². The standard InChI is InChI=1S/C13H21N5O2/c1-14-12(19)10-4-5-11(18-17-10)15-8-13(9-20-2)6-3-7-16-13/h4-5,16H,3,6-9H2,1-2H3,(H,14,19)(H,15,18). The molecule has 0 aromatic carbocycles. The lowest BCUT2D eigenvalue weighted by atomic mass is 9.99. The Hall–Kier alpha value is -1.73. The minimum Gasteiger partial charge on any atom is -0.383 e. The van der Waals surface area contributed by atoms with Crippen LogP contribution in [0.25, 0.3) is 0 Å². The van der Waals surface area contributed by atoms with E-state index >= 15 is 0 Å². The van der Waals surface area contributed by atoms with Gasteiger partial charge in [-0.2, -0.15) is 0 Å². The maximum Gasteiger partial charge on any atom is 0.271 e. The smallest absolute Gasteiger partial charge is 0.271 e. The molecule has 1 aliphatic heterocycles. The summed E-state index contributed by atoms with van der Waals surface area (Å²) in [6.07, 6.45) is 2.21. The molecule has 0 bridgehead atoms. The van der Waals surface area contributed by atoms with Crippen LogP contribution in [-0.4, -0.2) is 55.5 Å². The Morgan fingerprint density at radius 1 is 1.50 bits per heavy atom. The molecule has 7 heteroatoms. The molecule has 1 aromatic rings. The SMILES string of the molecule is CNC(=O)c1ccc(NCC2(COC)CCCN2)nn1. The van der Waals surface area contributed by atoms with Crippen LogP contribution in [0.15, 0.2) is 12.1 Å². The number of hydrogen-bond acceptors (Lipinski definition) is 6. The molecule has 0 aliphatic carbocycles. The molecular formula is C13H21N5O2. The molecule has 3 N–H and O–H groups in total. The molecule has 1 amide bonds. The second-order valence-corrected chi connectivity index (χ2v) is 4.98. The first-order valence-corrected chi connectivity index (χ1v) is 6.73. The minimum absolute atomic E-state index is 0.0457. The highest BCUT2D eigenvalue weighted by Crippen LogP contribution is 2.20. The molecule has 1 aliphatic rings. The number of carbonyl (C=O) groups is 1. The number of amides is 1. The highest BCUT2D eigenvalue weighted by atomic mass is 16.5. The zero-order valence-corrected chi connectivity index (χ0v) is 11.9. The van der Waals surface area contributed by atoms with Gasteiger partial charge in [0, 0.05) is 20.7 Å². The largest absolute Gasteiger partial charge is 0.383 e. The normalized spacial score (nSPS) is 21.7. The van der Waals surface area contributed by atoms with Crippen molar-refractivity contribution < 1.29 is 9.53 Å². The summed E-state index contributed by atoms with van der Waals surface area (Å²) >= 11 is 0. The van der Waals surface area contributed by atoms with Crippen molar-refractivity contribution in [1.29, 1.82) is 0 Å². The summed E-state index contributed by atoms with van der Waals surface area (Å²) in [5.41, 5.74) is 0.263. The van der Waals surface area contributed by atoms with E-state index in [-0.39, 0.29) is 11.4 Å². The molecule has 20 heavy (non-hydrogen) atoms. The first kappa shape index (κ1) is 14.7. The number of rotatable bonds is 6. The van der Waals surface area contributed by atoms with Gasteiger partial charge in [0.2, 0.25) is 0 Å². The number of hydrogen-bond donors (Lipinski definition) is 3. The van der Waals surface area contributed by atoms with E-state index in [4.69, 9.17) is 4.74 Å². The van der Waals surface area contributed by atoms with Gasteiger partial charge in [-0.15, -0.1) is 10.2 Å². The van der Waals surface area contributed by atoms with Crippen molar-refractivity contribution in [1.82, 2.24) is 20.8 Å². The van der Waals surface area contributed by atoms with Crippen molar-refractivity contribution in [3.63, 3.8) is 0 Å². The number of anilines is 1. The highest BCUT2D eigenvalue weighted by molar-refractivity contribution is 5.91. The highest BCUT2D eigenvalue weighted by Gasteiger charge is 2.33. The lowest BCUT2D eigenvalue weighted by molar-refractivity contribution is 0.0957. The van der Waals surface area contributed by atoms with Crippen LogP contribution in [-0.2, 0) is 4.74 Å². The van der Waals surface area contributed by atoms with E-state index < -0.39 is 0 Å². The average molecular weight is 279 g/mol. The van der Waals surface area contributed by atoms with E-state index in [0.29, 0.717) is 18.1 Å². The van der Waals surface area contributed by atoms with Crippen LogP contribution < -0.4 is 16.0 Å². The fourth-order valence-electron chi connectivity index (χ4n) is 2.41. The third-order valence-corrected chi connectivity index (χ3v) is 3.48. The van der Waals surface area contributed by atoms with Crippen molar-refractivity contribution in [3.8, 4) is 0 Å². The number of ether oxygens (including phenoxy) is 1. The molecule has 1 saturated heterocycles. The Morgan fingerprint density at radius 3 is 2.90 bits per heavy atom. The van der Waals surface area contributed by atoms with Gasteiger partial charge < -0.3 is 20.7 Å². The van der Waals surface area contributed by atoms with Crippen LogP contribution in [0.5, 0.6) is 0 Å². The number of methoxy groups -OCH3 is 1. The second kappa shape index (κ2) is 6.62. The van der Waals surface area contributed by atoms with Gasteiger partial charge in [0.1, 0.15) is 5.82 Å². The summed E-state index contributed by atoms with van der Waals surface area (Å²) in [4.78, 5) is 11.4. The van der Waals surface area contributed by atoms with Crippen LogP contribution >= 0.6 is 0 Å². The predicted octanol–water partition coefficient (Wildman–Crippen LogP) is 0.0167. The zero-order valence-electron chi connectivity index (χ0n) is 11.9. The lowest BCUT2D eigenvalue weighted by Crippen LogP contribution is -2.49. The number of nitrogens with one attached hydrogen (secondary N) is 3. The third kappa shape index (κ3) is 3.43. The molecule has 1 fully saturated rings. The van der Waals surface area contributed by atoms with Crippen LogP contribution in [0, 0.1) is 0 Å². The second-order valence-electron chi connectivity index (χ2n) is 4.98. The predicted molar refractivity (Wildman–Crippen MR) is 75.8 cm³/mol. The van der Waals surface area contributed by atoms with Crippen LogP contribution in [0.4, 0.5) is 5.82 Å². The molecule has 1 aromatic heterocycles. The minimum atomic E-state index is -0.239. The van der Waals surface area contributed by atoms with E-state index in [1.165, 1.54) is 0 Å². The van der Waals surface area contributed by atoms with Crippen LogP contribution in [0.3, 0.4) is 0 Å². The molecular weight excluding hydrogens is 258 g/mol. The maximum absolute atomic E-state index is 11.4. The molecule has 110 valence electrons. The Morgan fingerprint density at radius 2 is 2.35 bits per heavy atom. The molecule has 2 heterocycles. The van der Waals surface area contributed by atoms with Gasteiger partial charge in [-0.1, -0.05) is 0 Å². The van der Waals surface area contributed by atoms with Crippen molar-refractivity contribution >= 4 is 11.7 Å². The Bertz CT molecular complexity index is 443. The summed E-state index contributed by atoms with van der Waals surface area (Å²) in [5.74, 6) is 0.416. The number of nitrogens with zero attached hydrogens (tertiary/aromatic N) is 2. The van der Waals surface area contributed by atoms with Gasteiger partial charge in [0.05, 0.1) is 12.1 Å². The van der Waals surface area contributed by atoms with Gasteiger partial charge in [-0.3, -0.25) is 4.79 Å². The lowest BCUT2D eigenvalue weighted by Gasteiger charge is -2.29. The van der Waals surface area contributed by atoms with E-state index in [1.807, 2.05) is 0 Å². The fraction of sp³-hybridized carbons (Fsp3) is 0.615. The molecule has 7 nitrogen and oxygen atoms in total. The van der Waals surface area contributed by atoms with Gasteiger partial charge >= 0.3 is 0 Å². The average Bonchev–Trinajstić information content (AvgIpc) is 2.94.